The van der Waals surface area contributed by atoms with E-state index in [1.165, 1.54) is 6.92 Å². The summed E-state index contributed by atoms with van der Waals surface area (Å²) in [6.45, 7) is 2.27. The zero-order valence-corrected chi connectivity index (χ0v) is 21.9. The lowest BCUT2D eigenvalue weighted by atomic mass is 10.1. The van der Waals surface area contributed by atoms with Gasteiger partial charge in [-0.2, -0.15) is 5.09 Å². The van der Waals surface area contributed by atoms with Crippen LogP contribution in [0, 0.1) is 0 Å². The van der Waals surface area contributed by atoms with E-state index in [1.807, 2.05) is 23.2 Å². The summed E-state index contributed by atoms with van der Waals surface area (Å²) in [5, 5.41) is 25.1. The molecule has 0 radical (unpaired) electrons. The second kappa shape index (κ2) is 11.4. The molecule has 0 saturated carbocycles. The number of nitrogens with two attached hydrogens (primary N) is 1. The van der Waals surface area contributed by atoms with Crippen molar-refractivity contribution < 1.29 is 38.1 Å². The number of aromatic amines is 1. The topological polar surface area (TPSA) is 204 Å². The minimum atomic E-state index is -4.45. The van der Waals surface area contributed by atoms with Gasteiger partial charge in [0, 0.05) is 17.6 Å². The van der Waals surface area contributed by atoms with Crippen molar-refractivity contribution in [1.29, 1.82) is 0 Å². The number of nitrogens with zero attached hydrogens (tertiary/aromatic N) is 1. The van der Waals surface area contributed by atoms with E-state index >= 15 is 0 Å². The summed E-state index contributed by atoms with van der Waals surface area (Å²) < 4.78 is 36.7. The number of H-pyrrole nitrogens is 1. The fourth-order valence-corrected chi connectivity index (χ4v) is 5.56. The minimum absolute atomic E-state index is 0.0789. The van der Waals surface area contributed by atoms with Crippen LogP contribution in [0.5, 0.6) is 5.75 Å². The maximum atomic E-state index is 14.0. The van der Waals surface area contributed by atoms with Gasteiger partial charge in [0.15, 0.2) is 12.0 Å². The lowest BCUT2D eigenvalue weighted by Gasteiger charge is -2.30. The van der Waals surface area contributed by atoms with Crippen molar-refractivity contribution >= 4 is 24.5 Å². The first-order valence-electron chi connectivity index (χ1n) is 12.0. The van der Waals surface area contributed by atoms with Gasteiger partial charge in [0.1, 0.15) is 30.6 Å². The third-order valence-electron chi connectivity index (χ3n) is 6.00. The summed E-state index contributed by atoms with van der Waals surface area (Å²) in [5.74, 6) is -0.563. The number of rotatable bonds is 10. The molecule has 2 heterocycles. The van der Waals surface area contributed by atoms with E-state index in [9.17, 15) is 29.2 Å². The first-order valence-corrected chi connectivity index (χ1v) is 13.5. The summed E-state index contributed by atoms with van der Waals surface area (Å²) >= 11 is 0. The standard InChI is InChI=1S/C24H29N4O10P/c1-3-35-22(32)14(2)27-39(34,38-17-10-6-8-15-7-4-5-9-16(15)17)36-13-24(25)20(31)19(30)21(37-24)28-12-11-18(29)26-23(28)33/h4-12,14,19-21,30-31H,3,13,25H2,1-2H3,(H,27,34)(H,26,29,33)/t14-,19+,20-,21+,24+,39?/m0/s1. The molecule has 0 aliphatic carbocycles. The highest BCUT2D eigenvalue weighted by Gasteiger charge is 2.54. The highest BCUT2D eigenvalue weighted by Crippen LogP contribution is 2.48. The van der Waals surface area contributed by atoms with Crippen LogP contribution >= 0.6 is 7.75 Å². The lowest BCUT2D eigenvalue weighted by molar-refractivity contribution is -0.144. The molecular formula is C24H29N4O10P. The number of benzene rings is 2. The molecule has 6 N–H and O–H groups in total. The van der Waals surface area contributed by atoms with Gasteiger partial charge >= 0.3 is 19.4 Å². The summed E-state index contributed by atoms with van der Waals surface area (Å²) in [6.07, 6.45) is -4.00. The molecule has 2 aromatic carbocycles. The quantitative estimate of drug-likeness (QED) is 0.167. The highest BCUT2D eigenvalue weighted by molar-refractivity contribution is 7.52. The van der Waals surface area contributed by atoms with Gasteiger partial charge in [-0.25, -0.2) is 9.36 Å². The van der Waals surface area contributed by atoms with Crippen molar-refractivity contribution in [2.75, 3.05) is 13.2 Å². The maximum Gasteiger partial charge on any atom is 0.459 e. The minimum Gasteiger partial charge on any atom is -0.465 e. The number of aromatic nitrogens is 2. The number of hydrogen-bond donors (Lipinski definition) is 5. The van der Waals surface area contributed by atoms with Gasteiger partial charge < -0.3 is 24.2 Å². The number of hydrogen-bond acceptors (Lipinski definition) is 11. The van der Waals surface area contributed by atoms with Crippen LogP contribution in [0.3, 0.4) is 0 Å². The Morgan fingerprint density at radius 3 is 2.67 bits per heavy atom. The molecule has 1 aromatic heterocycles. The SMILES string of the molecule is CCOC(=O)[C@H](C)NP(=O)(OC[C@@]1(N)O[C@@H](n2ccc(=O)[nH]c2=O)[C@H](O)[C@@H]1O)Oc1cccc2ccccc12. The van der Waals surface area contributed by atoms with Crippen molar-refractivity contribution in [1.82, 2.24) is 14.6 Å². The second-order valence-electron chi connectivity index (χ2n) is 8.86. The van der Waals surface area contributed by atoms with E-state index in [2.05, 4.69) is 5.09 Å². The maximum absolute atomic E-state index is 14.0. The number of aliphatic hydroxyl groups excluding tert-OH is 2. The van der Waals surface area contributed by atoms with Crippen molar-refractivity contribution in [3.05, 3.63) is 75.6 Å². The predicted octanol–water partition coefficient (Wildman–Crippen LogP) is 0.340. The summed E-state index contributed by atoms with van der Waals surface area (Å²) in [7, 11) is -4.45. The van der Waals surface area contributed by atoms with Gasteiger partial charge in [0.25, 0.3) is 5.56 Å². The van der Waals surface area contributed by atoms with Crippen LogP contribution in [0.4, 0.5) is 0 Å². The molecule has 1 saturated heterocycles. The van der Waals surface area contributed by atoms with Crippen LogP contribution < -0.4 is 26.6 Å². The van der Waals surface area contributed by atoms with Crippen molar-refractivity contribution in [2.24, 2.45) is 5.73 Å². The summed E-state index contributed by atoms with van der Waals surface area (Å²) in [5.41, 5.74) is 2.40. The Morgan fingerprint density at radius 1 is 1.23 bits per heavy atom. The fourth-order valence-electron chi connectivity index (χ4n) is 4.02. The Balaban J connectivity index is 1.61. The van der Waals surface area contributed by atoms with E-state index in [-0.39, 0.29) is 12.4 Å². The molecule has 4 rings (SSSR count). The molecule has 3 aromatic rings. The average molecular weight is 564 g/mol. The van der Waals surface area contributed by atoms with Crippen LogP contribution in [0.1, 0.15) is 20.1 Å². The lowest BCUT2D eigenvalue weighted by Crippen LogP contribution is -2.54. The molecule has 1 aliphatic heterocycles. The number of ether oxygens (including phenoxy) is 2. The molecular weight excluding hydrogens is 535 g/mol. The van der Waals surface area contributed by atoms with Gasteiger partial charge in [0.2, 0.25) is 0 Å². The Morgan fingerprint density at radius 2 is 1.95 bits per heavy atom. The normalized spacial score (nSPS) is 25.2. The van der Waals surface area contributed by atoms with Gasteiger partial charge in [-0.15, -0.1) is 0 Å². The Hall–Kier alpha value is -3.36. The van der Waals surface area contributed by atoms with E-state index in [4.69, 9.17) is 24.3 Å². The summed E-state index contributed by atoms with van der Waals surface area (Å²) in [4.78, 5) is 37.9. The molecule has 39 heavy (non-hydrogen) atoms. The number of carbonyl (C=O) groups excluding carboxylic acids is 1. The number of nitrogens with one attached hydrogen (secondary N) is 2. The smallest absolute Gasteiger partial charge is 0.459 e. The third kappa shape index (κ3) is 6.12. The first kappa shape index (κ1) is 28.6. The Bertz CT molecular complexity index is 1500. The molecule has 210 valence electrons. The monoisotopic (exact) mass is 564 g/mol. The molecule has 0 spiro atoms. The molecule has 6 atom stereocenters. The third-order valence-corrected chi connectivity index (χ3v) is 7.61. The number of aliphatic hydroxyl groups is 2. The largest absolute Gasteiger partial charge is 0.465 e. The number of esters is 1. The Kier molecular flexibility index (Phi) is 8.37. The van der Waals surface area contributed by atoms with Gasteiger partial charge in [0.05, 0.1) is 6.61 Å². The van der Waals surface area contributed by atoms with E-state index < -0.39 is 61.8 Å². The number of carbonyl (C=O) groups is 1. The highest BCUT2D eigenvalue weighted by atomic mass is 31.2. The van der Waals surface area contributed by atoms with Gasteiger partial charge in [-0.3, -0.25) is 29.4 Å². The molecule has 0 bridgehead atoms. The van der Waals surface area contributed by atoms with E-state index in [0.717, 1.165) is 22.2 Å². The molecule has 1 aliphatic rings. The first-order chi connectivity index (χ1) is 18.5. The zero-order valence-electron chi connectivity index (χ0n) is 21.1. The van der Waals surface area contributed by atoms with Crippen LogP contribution in [0.25, 0.3) is 10.8 Å². The second-order valence-corrected chi connectivity index (χ2v) is 10.6. The predicted molar refractivity (Wildman–Crippen MR) is 138 cm³/mol. The molecule has 15 heteroatoms. The van der Waals surface area contributed by atoms with Crippen LogP contribution in [-0.4, -0.2) is 62.9 Å². The molecule has 0 amide bonds. The molecule has 1 unspecified atom stereocenters. The molecule has 1 fully saturated rings. The van der Waals surface area contributed by atoms with Gasteiger partial charge in [-0.1, -0.05) is 36.4 Å². The molecule has 14 nitrogen and oxygen atoms in total. The van der Waals surface area contributed by atoms with E-state index in [1.54, 1.807) is 31.2 Å². The van der Waals surface area contributed by atoms with Gasteiger partial charge in [-0.05, 0) is 25.3 Å². The number of fused-ring (bicyclic) bond motifs is 1. The van der Waals surface area contributed by atoms with Crippen molar-refractivity contribution in [3.8, 4) is 5.75 Å². The zero-order chi connectivity index (χ0) is 28.4. The van der Waals surface area contributed by atoms with Crippen molar-refractivity contribution in [2.45, 2.75) is 44.1 Å². The fraction of sp³-hybridized carbons (Fsp3) is 0.375. The summed E-state index contributed by atoms with van der Waals surface area (Å²) in [6, 6.07) is 12.0. The van der Waals surface area contributed by atoms with E-state index in [0.29, 0.717) is 5.39 Å². The Labute approximate surface area is 221 Å². The van der Waals surface area contributed by atoms with Crippen LogP contribution in [-0.2, 0) is 23.4 Å². The van der Waals surface area contributed by atoms with Crippen LogP contribution in [0.15, 0.2) is 64.3 Å². The average Bonchev–Trinajstić information content (AvgIpc) is 3.12. The van der Waals surface area contributed by atoms with Crippen LogP contribution in [0.2, 0.25) is 0 Å². The van der Waals surface area contributed by atoms with Crippen molar-refractivity contribution in [3.63, 3.8) is 0 Å².